The van der Waals surface area contributed by atoms with E-state index in [1.165, 1.54) is 10.3 Å². The van der Waals surface area contributed by atoms with Crippen LogP contribution in [0.15, 0.2) is 72.8 Å². The van der Waals surface area contributed by atoms with Crippen molar-refractivity contribution in [3.63, 3.8) is 0 Å². The Balaban J connectivity index is 1.38. The molecule has 0 atom stereocenters. The quantitative estimate of drug-likeness (QED) is 0.471. The number of hydrogen-bond acceptors (Lipinski definition) is 3. The molecule has 134 valence electrons. The van der Waals surface area contributed by atoms with Crippen molar-refractivity contribution >= 4 is 44.7 Å². The largest absolute Gasteiger partial charge is 0.326 e. The molecule has 0 aliphatic rings. The van der Waals surface area contributed by atoms with Crippen molar-refractivity contribution in [2.75, 3.05) is 5.32 Å². The molecule has 0 saturated heterocycles. The third kappa shape index (κ3) is 4.54. The van der Waals surface area contributed by atoms with Gasteiger partial charge in [-0.1, -0.05) is 48.0 Å². The smallest absolute Gasteiger partial charge is 0.228 e. The van der Waals surface area contributed by atoms with Gasteiger partial charge in [0.1, 0.15) is 0 Å². The molecule has 0 aliphatic heterocycles. The summed E-state index contributed by atoms with van der Waals surface area (Å²) in [6.45, 7) is 0. The summed E-state index contributed by atoms with van der Waals surface area (Å²) in [6, 6.07) is 23.4. The van der Waals surface area contributed by atoms with Crippen LogP contribution in [0.2, 0.25) is 5.02 Å². The molecule has 0 aliphatic carbocycles. The lowest BCUT2D eigenvalue weighted by atomic mass is 10.1. The normalized spacial score (nSPS) is 10.9. The van der Waals surface area contributed by atoms with Gasteiger partial charge in [-0.15, -0.1) is 11.3 Å². The van der Waals surface area contributed by atoms with E-state index >= 15 is 0 Å². The van der Waals surface area contributed by atoms with Gasteiger partial charge in [0.15, 0.2) is 0 Å². The first kappa shape index (κ1) is 17.7. The van der Waals surface area contributed by atoms with Crippen LogP contribution in [-0.2, 0) is 17.6 Å². The molecule has 4 rings (SSSR count). The Labute approximate surface area is 166 Å². The van der Waals surface area contributed by atoms with Crippen LogP contribution in [0.5, 0.6) is 0 Å². The van der Waals surface area contributed by atoms with Crippen molar-refractivity contribution in [2.24, 2.45) is 0 Å². The van der Waals surface area contributed by atoms with E-state index in [2.05, 4.69) is 16.4 Å². The average Bonchev–Trinajstić information content (AvgIpc) is 3.07. The van der Waals surface area contributed by atoms with Crippen molar-refractivity contribution in [2.45, 2.75) is 12.8 Å². The van der Waals surface area contributed by atoms with Crippen LogP contribution in [0.1, 0.15) is 16.1 Å². The fourth-order valence-corrected chi connectivity index (χ4v) is 4.00. The molecule has 1 heterocycles. The fourth-order valence-electron chi connectivity index (χ4n) is 2.87. The second kappa shape index (κ2) is 7.91. The van der Waals surface area contributed by atoms with Gasteiger partial charge < -0.3 is 5.32 Å². The van der Waals surface area contributed by atoms with Crippen LogP contribution < -0.4 is 5.32 Å². The third-order valence-corrected chi connectivity index (χ3v) is 5.50. The highest BCUT2D eigenvalue weighted by molar-refractivity contribution is 7.18. The van der Waals surface area contributed by atoms with Gasteiger partial charge in [-0.3, -0.25) is 4.79 Å². The Morgan fingerprint density at radius 3 is 2.37 bits per heavy atom. The van der Waals surface area contributed by atoms with Crippen LogP contribution in [0.4, 0.5) is 5.69 Å². The summed E-state index contributed by atoms with van der Waals surface area (Å²) in [5.41, 5.74) is 3.94. The number of para-hydroxylation sites is 1. The average molecular weight is 393 g/mol. The monoisotopic (exact) mass is 392 g/mol. The molecule has 0 bridgehead atoms. The van der Waals surface area contributed by atoms with E-state index in [9.17, 15) is 4.79 Å². The molecular formula is C22H17ClN2OS. The number of nitrogens with zero attached hydrogens (tertiary/aromatic N) is 1. The lowest BCUT2D eigenvalue weighted by Crippen LogP contribution is -2.14. The summed E-state index contributed by atoms with van der Waals surface area (Å²) in [5, 5.41) is 4.70. The SMILES string of the molecule is O=C(Cc1ccc(Cl)cc1)Nc1ccc(Cc2nc3ccccc3s2)cc1. The highest BCUT2D eigenvalue weighted by atomic mass is 35.5. The number of fused-ring (bicyclic) bond motifs is 1. The molecule has 4 aromatic rings. The summed E-state index contributed by atoms with van der Waals surface area (Å²) < 4.78 is 1.21. The number of benzene rings is 3. The molecule has 0 radical (unpaired) electrons. The number of aromatic nitrogens is 1. The minimum atomic E-state index is -0.0451. The van der Waals surface area contributed by atoms with E-state index in [4.69, 9.17) is 11.6 Å². The molecule has 27 heavy (non-hydrogen) atoms. The predicted octanol–water partition coefficient (Wildman–Crippen LogP) is 5.72. The zero-order valence-corrected chi connectivity index (χ0v) is 16.1. The maximum atomic E-state index is 12.2. The number of nitrogens with one attached hydrogen (secondary N) is 1. The Bertz CT molecular complexity index is 1040. The van der Waals surface area contributed by atoms with Gasteiger partial charge in [-0.25, -0.2) is 4.98 Å². The van der Waals surface area contributed by atoms with E-state index in [-0.39, 0.29) is 5.91 Å². The molecule has 0 saturated carbocycles. The number of carbonyl (C=O) groups excluding carboxylic acids is 1. The van der Waals surface area contributed by atoms with Crippen molar-refractivity contribution in [1.82, 2.24) is 4.98 Å². The molecular weight excluding hydrogens is 376 g/mol. The summed E-state index contributed by atoms with van der Waals surface area (Å²) in [6.07, 6.45) is 1.11. The van der Waals surface area contributed by atoms with Crippen molar-refractivity contribution < 1.29 is 4.79 Å². The second-order valence-corrected chi connectivity index (χ2v) is 7.85. The molecule has 0 fully saturated rings. The van der Waals surface area contributed by atoms with Gasteiger partial charge in [-0.2, -0.15) is 0 Å². The highest BCUT2D eigenvalue weighted by Crippen LogP contribution is 2.24. The van der Waals surface area contributed by atoms with Crippen LogP contribution >= 0.6 is 22.9 Å². The van der Waals surface area contributed by atoms with Crippen molar-refractivity contribution in [3.8, 4) is 0 Å². The molecule has 0 spiro atoms. The second-order valence-electron chi connectivity index (χ2n) is 6.30. The number of hydrogen-bond donors (Lipinski definition) is 1. The topological polar surface area (TPSA) is 42.0 Å². The van der Waals surface area contributed by atoms with Gasteiger partial charge in [0, 0.05) is 17.1 Å². The molecule has 1 N–H and O–H groups in total. The van der Waals surface area contributed by atoms with Crippen molar-refractivity contribution in [1.29, 1.82) is 0 Å². The molecule has 5 heteroatoms. The summed E-state index contributed by atoms with van der Waals surface area (Å²) in [5.74, 6) is -0.0451. The standard InChI is InChI=1S/C22H17ClN2OS/c23-17-9-5-15(6-10-17)13-21(26)24-18-11-7-16(8-12-18)14-22-25-19-3-1-2-4-20(19)27-22/h1-12H,13-14H2,(H,24,26). The Kier molecular flexibility index (Phi) is 5.19. The van der Waals surface area contributed by atoms with Gasteiger partial charge in [0.2, 0.25) is 5.91 Å². The van der Waals surface area contributed by atoms with Gasteiger partial charge in [0.25, 0.3) is 0 Å². The Morgan fingerprint density at radius 1 is 0.926 bits per heavy atom. The molecule has 3 aromatic carbocycles. The maximum Gasteiger partial charge on any atom is 0.228 e. The van der Waals surface area contributed by atoms with E-state index in [0.29, 0.717) is 11.4 Å². The number of thiazole rings is 1. The molecule has 1 aromatic heterocycles. The molecule has 0 unspecified atom stereocenters. The Hall–Kier alpha value is -2.69. The minimum Gasteiger partial charge on any atom is -0.326 e. The first-order chi connectivity index (χ1) is 13.2. The van der Waals surface area contributed by atoms with E-state index < -0.39 is 0 Å². The maximum absolute atomic E-state index is 12.2. The summed E-state index contributed by atoms with van der Waals surface area (Å²) >= 11 is 7.59. The van der Waals surface area contributed by atoms with Gasteiger partial charge in [0.05, 0.1) is 21.6 Å². The number of rotatable bonds is 5. The van der Waals surface area contributed by atoms with Gasteiger partial charge >= 0.3 is 0 Å². The van der Waals surface area contributed by atoms with Crippen LogP contribution in [0.25, 0.3) is 10.2 Å². The number of carbonyl (C=O) groups is 1. The van der Waals surface area contributed by atoms with Gasteiger partial charge in [-0.05, 0) is 47.5 Å². The lowest BCUT2D eigenvalue weighted by molar-refractivity contribution is -0.115. The highest BCUT2D eigenvalue weighted by Gasteiger charge is 2.06. The first-order valence-electron chi connectivity index (χ1n) is 8.63. The zero-order valence-electron chi connectivity index (χ0n) is 14.5. The van der Waals surface area contributed by atoms with E-state index in [0.717, 1.165) is 28.2 Å². The number of amides is 1. The van der Waals surface area contributed by atoms with Crippen molar-refractivity contribution in [3.05, 3.63) is 94.0 Å². The van der Waals surface area contributed by atoms with E-state index in [1.807, 2.05) is 54.6 Å². The minimum absolute atomic E-state index is 0.0451. The summed E-state index contributed by atoms with van der Waals surface area (Å²) in [4.78, 5) is 16.9. The fraction of sp³-hybridized carbons (Fsp3) is 0.0909. The third-order valence-electron chi connectivity index (χ3n) is 4.21. The first-order valence-corrected chi connectivity index (χ1v) is 9.83. The lowest BCUT2D eigenvalue weighted by Gasteiger charge is -2.06. The number of halogens is 1. The molecule has 1 amide bonds. The van der Waals surface area contributed by atoms with Crippen LogP contribution in [0.3, 0.4) is 0 Å². The predicted molar refractivity (Wildman–Crippen MR) is 113 cm³/mol. The number of anilines is 1. The van der Waals surface area contributed by atoms with Crippen LogP contribution in [0, 0.1) is 0 Å². The Morgan fingerprint density at radius 2 is 1.63 bits per heavy atom. The summed E-state index contributed by atoms with van der Waals surface area (Å²) in [7, 11) is 0. The van der Waals surface area contributed by atoms with Crippen LogP contribution in [-0.4, -0.2) is 10.9 Å². The van der Waals surface area contributed by atoms with E-state index in [1.54, 1.807) is 23.5 Å². The zero-order chi connectivity index (χ0) is 18.6. The molecule has 3 nitrogen and oxygen atoms in total.